The normalized spacial score (nSPS) is 10.3. The predicted octanol–water partition coefficient (Wildman–Crippen LogP) is 4.97. The second-order valence-corrected chi connectivity index (χ2v) is 7.54. The van der Waals surface area contributed by atoms with Gasteiger partial charge in [0, 0.05) is 10.6 Å². The molecule has 30 heavy (non-hydrogen) atoms. The van der Waals surface area contributed by atoms with Gasteiger partial charge in [0.15, 0.2) is 5.16 Å². The zero-order valence-electron chi connectivity index (χ0n) is 16.5. The van der Waals surface area contributed by atoms with Crippen LogP contribution in [-0.4, -0.2) is 35.3 Å². The van der Waals surface area contributed by atoms with Crippen molar-refractivity contribution in [2.24, 2.45) is 0 Å². The van der Waals surface area contributed by atoms with E-state index in [-0.39, 0.29) is 6.61 Å². The fourth-order valence-electron chi connectivity index (χ4n) is 2.67. The molecule has 0 saturated carbocycles. The third kappa shape index (κ3) is 5.29. The molecule has 0 spiro atoms. The number of nitrogens with zero attached hydrogens (tertiary/aromatic N) is 3. The van der Waals surface area contributed by atoms with Gasteiger partial charge in [0.2, 0.25) is 0 Å². The first-order chi connectivity index (χ1) is 14.5. The minimum atomic E-state index is -0.443. The molecule has 0 fully saturated rings. The van der Waals surface area contributed by atoms with Gasteiger partial charge in [-0.3, -0.25) is 0 Å². The van der Waals surface area contributed by atoms with Crippen molar-refractivity contribution in [2.45, 2.75) is 12.1 Å². The van der Waals surface area contributed by atoms with Gasteiger partial charge in [0.1, 0.15) is 24.1 Å². The van der Waals surface area contributed by atoms with E-state index in [2.05, 4.69) is 21.4 Å². The number of rotatable bonds is 7. The third-order valence-corrected chi connectivity index (χ3v) is 5.02. The number of nitriles is 1. The van der Waals surface area contributed by atoms with Gasteiger partial charge in [0.25, 0.3) is 0 Å². The van der Waals surface area contributed by atoms with E-state index in [9.17, 15) is 10.1 Å². The number of carbonyl (C=O) groups is 1. The number of benzene rings is 2. The van der Waals surface area contributed by atoms with Crippen LogP contribution in [0.1, 0.15) is 21.5 Å². The Bertz CT molecular complexity index is 1080. The van der Waals surface area contributed by atoms with E-state index in [1.807, 2.05) is 37.4 Å². The average molecular weight is 439 g/mol. The Morgan fingerprint density at radius 1 is 1.17 bits per heavy atom. The number of carbonyl (C=O) groups excluding carboxylic acids is 1. The molecule has 1 N–H and O–H groups in total. The van der Waals surface area contributed by atoms with Crippen LogP contribution < -0.4 is 5.32 Å². The molecule has 1 aromatic heterocycles. The van der Waals surface area contributed by atoms with Gasteiger partial charge in [0.05, 0.1) is 17.8 Å². The van der Waals surface area contributed by atoms with Crippen LogP contribution in [0.4, 0.5) is 5.82 Å². The fraction of sp³-hybridized carbons (Fsp3) is 0.182. The summed E-state index contributed by atoms with van der Waals surface area (Å²) < 4.78 is 5.27. The van der Waals surface area contributed by atoms with Crippen molar-refractivity contribution in [3.63, 3.8) is 0 Å². The highest BCUT2D eigenvalue weighted by Crippen LogP contribution is 2.28. The molecule has 6 nitrogen and oxygen atoms in total. The fourth-order valence-corrected chi connectivity index (χ4v) is 3.16. The van der Waals surface area contributed by atoms with E-state index in [0.717, 1.165) is 11.1 Å². The average Bonchev–Trinajstić information content (AvgIpc) is 2.77. The molecule has 0 aliphatic carbocycles. The molecule has 3 aromatic rings. The van der Waals surface area contributed by atoms with Gasteiger partial charge in [-0.25, -0.2) is 14.8 Å². The molecule has 0 radical (unpaired) electrons. The maximum Gasteiger partial charge on any atom is 0.338 e. The maximum absolute atomic E-state index is 12.1. The van der Waals surface area contributed by atoms with Crippen molar-refractivity contribution in [3.8, 4) is 17.3 Å². The summed E-state index contributed by atoms with van der Waals surface area (Å²) in [5.41, 5.74) is 3.30. The second-order valence-electron chi connectivity index (χ2n) is 6.33. The molecule has 0 atom stereocenters. The van der Waals surface area contributed by atoms with Gasteiger partial charge in [-0.05, 0) is 37.4 Å². The number of halogens is 1. The van der Waals surface area contributed by atoms with Crippen LogP contribution in [0.15, 0.2) is 53.7 Å². The summed E-state index contributed by atoms with van der Waals surface area (Å²) in [7, 11) is 0. The number of aryl methyl sites for hydroxylation is 1. The Morgan fingerprint density at radius 3 is 2.50 bits per heavy atom. The smallest absolute Gasteiger partial charge is 0.338 e. The van der Waals surface area contributed by atoms with Crippen molar-refractivity contribution >= 4 is 35.1 Å². The lowest BCUT2D eigenvalue weighted by Gasteiger charge is -2.12. The summed E-state index contributed by atoms with van der Waals surface area (Å²) in [4.78, 5) is 21.0. The largest absolute Gasteiger partial charge is 0.460 e. The number of aromatic nitrogens is 2. The molecular weight excluding hydrogens is 420 g/mol. The van der Waals surface area contributed by atoms with Crippen molar-refractivity contribution in [1.82, 2.24) is 9.97 Å². The molecule has 0 aliphatic rings. The summed E-state index contributed by atoms with van der Waals surface area (Å²) in [6.07, 6.45) is 1.87. The van der Waals surface area contributed by atoms with Gasteiger partial charge < -0.3 is 10.1 Å². The Hall–Kier alpha value is -3.08. The van der Waals surface area contributed by atoms with E-state index in [1.54, 1.807) is 24.3 Å². The van der Waals surface area contributed by atoms with Crippen molar-refractivity contribution in [1.29, 1.82) is 5.26 Å². The Labute approximate surface area is 184 Å². The number of esters is 1. The number of ether oxygens (including phenoxy) is 1. The van der Waals surface area contributed by atoms with Crippen LogP contribution in [0.25, 0.3) is 11.3 Å². The topological polar surface area (TPSA) is 87.9 Å². The molecular formula is C22H19ClN4O2S. The van der Waals surface area contributed by atoms with Crippen LogP contribution in [0, 0.1) is 18.3 Å². The minimum absolute atomic E-state index is 0.116. The number of anilines is 1. The molecule has 2 aromatic carbocycles. The summed E-state index contributed by atoms with van der Waals surface area (Å²) in [5.74, 6) is -0.0308. The molecule has 8 heteroatoms. The Kier molecular flexibility index (Phi) is 7.28. The van der Waals surface area contributed by atoms with E-state index < -0.39 is 5.97 Å². The highest BCUT2D eigenvalue weighted by Gasteiger charge is 2.16. The second kappa shape index (κ2) is 10.1. The number of hydrogen-bond donors (Lipinski definition) is 1. The Balaban J connectivity index is 1.73. The number of hydrogen-bond acceptors (Lipinski definition) is 7. The van der Waals surface area contributed by atoms with Gasteiger partial charge in [-0.1, -0.05) is 53.2 Å². The monoisotopic (exact) mass is 438 g/mol. The van der Waals surface area contributed by atoms with Crippen molar-refractivity contribution in [3.05, 3.63) is 70.2 Å². The highest BCUT2D eigenvalue weighted by atomic mass is 35.5. The summed E-state index contributed by atoms with van der Waals surface area (Å²) in [6.45, 7) is 2.41. The van der Waals surface area contributed by atoms with Crippen LogP contribution in [0.2, 0.25) is 5.02 Å². The quantitative estimate of drug-likeness (QED) is 0.241. The van der Waals surface area contributed by atoms with E-state index in [4.69, 9.17) is 16.3 Å². The van der Waals surface area contributed by atoms with Gasteiger partial charge >= 0.3 is 5.97 Å². The SMILES string of the molecule is CSc1nc(NCCOC(=O)c2ccc(Cl)cc2)c(C#N)c(-c2ccc(C)cc2)n1. The van der Waals surface area contributed by atoms with Crippen LogP contribution in [-0.2, 0) is 4.74 Å². The van der Waals surface area contributed by atoms with Crippen LogP contribution in [0.5, 0.6) is 0 Å². The minimum Gasteiger partial charge on any atom is -0.460 e. The molecule has 1 heterocycles. The van der Waals surface area contributed by atoms with Crippen molar-refractivity contribution < 1.29 is 9.53 Å². The first-order valence-electron chi connectivity index (χ1n) is 9.11. The highest BCUT2D eigenvalue weighted by molar-refractivity contribution is 7.98. The third-order valence-electron chi connectivity index (χ3n) is 4.22. The summed E-state index contributed by atoms with van der Waals surface area (Å²) in [6, 6.07) is 16.5. The standard InChI is InChI=1S/C22H19ClN4O2S/c1-14-3-5-15(6-4-14)19-18(13-24)20(27-22(26-19)30-2)25-11-12-29-21(28)16-7-9-17(23)10-8-16/h3-10H,11-12H2,1-2H3,(H,25,26,27). The van der Waals surface area contributed by atoms with E-state index >= 15 is 0 Å². The number of nitrogens with one attached hydrogen (secondary N) is 1. The lowest BCUT2D eigenvalue weighted by Crippen LogP contribution is -2.16. The summed E-state index contributed by atoms with van der Waals surface area (Å²) in [5, 5.41) is 13.9. The van der Waals surface area contributed by atoms with E-state index in [1.165, 1.54) is 11.8 Å². The van der Waals surface area contributed by atoms with Crippen molar-refractivity contribution in [2.75, 3.05) is 24.7 Å². The Morgan fingerprint density at radius 2 is 1.87 bits per heavy atom. The van der Waals surface area contributed by atoms with Crippen LogP contribution >= 0.6 is 23.4 Å². The number of thioether (sulfide) groups is 1. The molecule has 0 saturated heterocycles. The molecule has 0 aliphatic heterocycles. The molecule has 0 bridgehead atoms. The molecule has 152 valence electrons. The van der Waals surface area contributed by atoms with Crippen LogP contribution in [0.3, 0.4) is 0 Å². The lowest BCUT2D eigenvalue weighted by atomic mass is 10.1. The predicted molar refractivity (Wildman–Crippen MR) is 119 cm³/mol. The maximum atomic E-state index is 12.1. The van der Waals surface area contributed by atoms with E-state index in [0.29, 0.717) is 39.4 Å². The molecule has 0 unspecified atom stereocenters. The zero-order chi connectivity index (χ0) is 21.5. The lowest BCUT2D eigenvalue weighted by molar-refractivity contribution is 0.0520. The first-order valence-corrected chi connectivity index (χ1v) is 10.7. The molecule has 0 amide bonds. The van der Waals surface area contributed by atoms with Gasteiger partial charge in [-0.15, -0.1) is 0 Å². The summed E-state index contributed by atoms with van der Waals surface area (Å²) >= 11 is 7.22. The zero-order valence-corrected chi connectivity index (χ0v) is 18.0. The van der Waals surface area contributed by atoms with Gasteiger partial charge in [-0.2, -0.15) is 5.26 Å². The first kappa shape index (κ1) is 21.6. The molecule has 3 rings (SSSR count).